The van der Waals surface area contributed by atoms with Crippen LogP contribution in [0, 0.1) is 6.92 Å². The van der Waals surface area contributed by atoms with Gasteiger partial charge in [-0.15, -0.1) is 0 Å². The van der Waals surface area contributed by atoms with Crippen molar-refractivity contribution in [2.24, 2.45) is 5.84 Å². The van der Waals surface area contributed by atoms with E-state index in [1.54, 1.807) is 0 Å². The zero-order valence-electron chi connectivity index (χ0n) is 10.4. The molecule has 0 saturated carbocycles. The van der Waals surface area contributed by atoms with Crippen molar-refractivity contribution >= 4 is 0 Å². The van der Waals surface area contributed by atoms with Crippen molar-refractivity contribution in [3.8, 4) is 0 Å². The van der Waals surface area contributed by atoms with Crippen molar-refractivity contribution in [3.05, 3.63) is 29.3 Å². The Bertz CT molecular complexity index is 411. The highest BCUT2D eigenvalue weighted by atomic mass is 16.5. The third-order valence-corrected chi connectivity index (χ3v) is 2.94. The standard InChI is InChI=1S/C12H20N4O/c1-3-16-10(8-9(2)15-16)12(14-13)11-6-4-5-7-17-11/h6,8,12,14H,3-5,7,13H2,1-2H3. The lowest BCUT2D eigenvalue weighted by atomic mass is 10.1. The highest BCUT2D eigenvalue weighted by Gasteiger charge is 2.22. The lowest BCUT2D eigenvalue weighted by Gasteiger charge is -2.23. The molecule has 0 fully saturated rings. The number of hydrogen-bond acceptors (Lipinski definition) is 4. The van der Waals surface area contributed by atoms with Crippen LogP contribution in [0.3, 0.4) is 0 Å². The predicted molar refractivity (Wildman–Crippen MR) is 66.0 cm³/mol. The first-order valence-electron chi connectivity index (χ1n) is 6.09. The monoisotopic (exact) mass is 236 g/mol. The van der Waals surface area contributed by atoms with Gasteiger partial charge in [-0.25, -0.2) is 5.43 Å². The average molecular weight is 236 g/mol. The highest BCUT2D eigenvalue weighted by Crippen LogP contribution is 2.25. The van der Waals surface area contributed by atoms with E-state index in [-0.39, 0.29) is 6.04 Å². The minimum absolute atomic E-state index is 0.101. The van der Waals surface area contributed by atoms with Crippen LogP contribution in [-0.2, 0) is 11.3 Å². The maximum atomic E-state index is 5.67. The molecule has 5 nitrogen and oxygen atoms in total. The van der Waals surface area contributed by atoms with E-state index in [4.69, 9.17) is 10.6 Å². The Kier molecular flexibility index (Phi) is 3.81. The fourth-order valence-corrected chi connectivity index (χ4v) is 2.14. The number of hydrogen-bond donors (Lipinski definition) is 2. The molecule has 94 valence electrons. The topological polar surface area (TPSA) is 65.1 Å². The van der Waals surface area contributed by atoms with E-state index in [2.05, 4.69) is 23.5 Å². The molecule has 0 aromatic carbocycles. The number of nitrogens with two attached hydrogens (primary N) is 1. The molecular weight excluding hydrogens is 216 g/mol. The Morgan fingerprint density at radius 2 is 2.47 bits per heavy atom. The molecule has 2 heterocycles. The largest absolute Gasteiger partial charge is 0.496 e. The van der Waals surface area contributed by atoms with E-state index < -0.39 is 0 Å². The van der Waals surface area contributed by atoms with Crippen LogP contribution in [0.2, 0.25) is 0 Å². The molecule has 1 aromatic heterocycles. The summed E-state index contributed by atoms with van der Waals surface area (Å²) >= 11 is 0. The van der Waals surface area contributed by atoms with Crippen LogP contribution in [0.4, 0.5) is 0 Å². The zero-order valence-corrected chi connectivity index (χ0v) is 10.4. The summed E-state index contributed by atoms with van der Waals surface area (Å²) in [4.78, 5) is 0. The van der Waals surface area contributed by atoms with Gasteiger partial charge in [0.15, 0.2) is 0 Å². The Hall–Kier alpha value is -1.33. The molecule has 3 N–H and O–H groups in total. The van der Waals surface area contributed by atoms with Crippen molar-refractivity contribution < 1.29 is 4.74 Å². The van der Waals surface area contributed by atoms with Gasteiger partial charge in [-0.05, 0) is 38.8 Å². The van der Waals surface area contributed by atoms with Gasteiger partial charge in [0.05, 0.1) is 18.0 Å². The summed E-state index contributed by atoms with van der Waals surface area (Å²) in [5, 5.41) is 4.43. The van der Waals surface area contributed by atoms with Crippen molar-refractivity contribution in [1.29, 1.82) is 0 Å². The molecule has 1 aliphatic rings. The molecular formula is C12H20N4O. The summed E-state index contributed by atoms with van der Waals surface area (Å²) in [6.45, 7) is 5.65. The summed E-state index contributed by atoms with van der Waals surface area (Å²) in [6, 6.07) is 1.95. The molecule has 5 heteroatoms. The van der Waals surface area contributed by atoms with Crippen molar-refractivity contribution in [2.75, 3.05) is 6.61 Å². The predicted octanol–water partition coefficient (Wildman–Crippen LogP) is 1.41. The van der Waals surface area contributed by atoms with E-state index in [0.717, 1.165) is 43.1 Å². The fourth-order valence-electron chi connectivity index (χ4n) is 2.14. The quantitative estimate of drug-likeness (QED) is 0.613. The van der Waals surface area contributed by atoms with Crippen LogP contribution in [0.25, 0.3) is 0 Å². The second kappa shape index (κ2) is 5.33. The molecule has 0 aliphatic carbocycles. The summed E-state index contributed by atoms with van der Waals surface area (Å²) in [5.41, 5.74) is 4.88. The van der Waals surface area contributed by atoms with E-state index in [1.165, 1.54) is 0 Å². The number of allylic oxidation sites excluding steroid dienone is 1. The third-order valence-electron chi connectivity index (χ3n) is 2.94. The van der Waals surface area contributed by atoms with Crippen molar-refractivity contribution in [2.45, 2.75) is 39.3 Å². The van der Waals surface area contributed by atoms with Gasteiger partial charge in [0, 0.05) is 6.54 Å². The van der Waals surface area contributed by atoms with Gasteiger partial charge in [-0.3, -0.25) is 10.5 Å². The van der Waals surface area contributed by atoms with Crippen LogP contribution in [0.5, 0.6) is 0 Å². The van der Waals surface area contributed by atoms with Gasteiger partial charge in [0.2, 0.25) is 0 Å². The molecule has 0 bridgehead atoms. The number of rotatable bonds is 4. The molecule has 1 unspecified atom stereocenters. The van der Waals surface area contributed by atoms with Crippen LogP contribution >= 0.6 is 0 Å². The smallest absolute Gasteiger partial charge is 0.120 e. The van der Waals surface area contributed by atoms with Gasteiger partial charge < -0.3 is 4.74 Å². The lowest BCUT2D eigenvalue weighted by molar-refractivity contribution is 0.165. The molecule has 0 radical (unpaired) electrons. The maximum Gasteiger partial charge on any atom is 0.120 e. The van der Waals surface area contributed by atoms with Crippen LogP contribution in [-0.4, -0.2) is 16.4 Å². The normalized spacial score (nSPS) is 17.5. The molecule has 1 atom stereocenters. The van der Waals surface area contributed by atoms with E-state index in [1.807, 2.05) is 17.7 Å². The summed E-state index contributed by atoms with van der Waals surface area (Å²) in [5.74, 6) is 6.57. The number of aryl methyl sites for hydroxylation is 2. The van der Waals surface area contributed by atoms with Gasteiger partial charge in [0.1, 0.15) is 11.8 Å². The average Bonchev–Trinajstić information content (AvgIpc) is 2.73. The minimum atomic E-state index is -0.101. The number of nitrogens with one attached hydrogen (secondary N) is 1. The fraction of sp³-hybridized carbons (Fsp3) is 0.583. The van der Waals surface area contributed by atoms with Crippen LogP contribution < -0.4 is 11.3 Å². The van der Waals surface area contributed by atoms with E-state index >= 15 is 0 Å². The summed E-state index contributed by atoms with van der Waals surface area (Å²) in [6.07, 6.45) is 4.23. The zero-order chi connectivity index (χ0) is 12.3. The van der Waals surface area contributed by atoms with E-state index in [0.29, 0.717) is 0 Å². The second-order valence-electron chi connectivity index (χ2n) is 4.22. The Morgan fingerprint density at radius 1 is 1.65 bits per heavy atom. The second-order valence-corrected chi connectivity index (χ2v) is 4.22. The molecule has 1 aromatic rings. The summed E-state index contributed by atoms with van der Waals surface area (Å²) in [7, 11) is 0. The molecule has 0 spiro atoms. The van der Waals surface area contributed by atoms with E-state index in [9.17, 15) is 0 Å². The van der Waals surface area contributed by atoms with Gasteiger partial charge >= 0.3 is 0 Å². The first kappa shape index (κ1) is 12.1. The molecule has 17 heavy (non-hydrogen) atoms. The molecule has 0 saturated heterocycles. The molecule has 0 amide bonds. The van der Waals surface area contributed by atoms with Gasteiger partial charge in [-0.2, -0.15) is 5.10 Å². The first-order chi connectivity index (χ1) is 8.26. The third kappa shape index (κ3) is 2.50. The number of ether oxygens (including phenoxy) is 1. The lowest BCUT2D eigenvalue weighted by Crippen LogP contribution is -2.32. The Morgan fingerprint density at radius 3 is 3.06 bits per heavy atom. The molecule has 1 aliphatic heterocycles. The number of nitrogens with zero attached hydrogens (tertiary/aromatic N) is 2. The van der Waals surface area contributed by atoms with Gasteiger partial charge in [-0.1, -0.05) is 0 Å². The minimum Gasteiger partial charge on any atom is -0.496 e. The summed E-state index contributed by atoms with van der Waals surface area (Å²) < 4.78 is 7.63. The molecule has 2 rings (SSSR count). The maximum absolute atomic E-state index is 5.67. The highest BCUT2D eigenvalue weighted by molar-refractivity contribution is 5.22. The first-order valence-corrected chi connectivity index (χ1v) is 6.09. The van der Waals surface area contributed by atoms with Gasteiger partial charge in [0.25, 0.3) is 0 Å². The Balaban J connectivity index is 2.30. The van der Waals surface area contributed by atoms with Crippen LogP contribution in [0.1, 0.15) is 37.2 Å². The number of aromatic nitrogens is 2. The van der Waals surface area contributed by atoms with Crippen molar-refractivity contribution in [3.63, 3.8) is 0 Å². The van der Waals surface area contributed by atoms with Crippen LogP contribution in [0.15, 0.2) is 17.9 Å². The Labute approximate surface area is 102 Å². The van der Waals surface area contributed by atoms with Crippen molar-refractivity contribution in [1.82, 2.24) is 15.2 Å². The SMILES string of the molecule is CCn1nc(C)cc1C(NN)C1=CCCCO1. The number of hydrazine groups is 1.